The maximum atomic E-state index is 12.9. The third kappa shape index (κ3) is 5.51. The van der Waals surface area contributed by atoms with Crippen LogP contribution in [-0.4, -0.2) is 26.8 Å². The van der Waals surface area contributed by atoms with Crippen molar-refractivity contribution in [1.29, 1.82) is 0 Å². The van der Waals surface area contributed by atoms with Crippen LogP contribution in [0.2, 0.25) is 5.02 Å². The van der Waals surface area contributed by atoms with Gasteiger partial charge in [0.15, 0.2) is 5.13 Å². The molecule has 10 heteroatoms. The third-order valence-electron chi connectivity index (χ3n) is 4.67. The van der Waals surface area contributed by atoms with Gasteiger partial charge in [0.05, 0.1) is 22.5 Å². The Morgan fingerprint density at radius 2 is 1.79 bits per heavy atom. The molecule has 4 aromatic rings. The van der Waals surface area contributed by atoms with E-state index in [2.05, 4.69) is 30.9 Å². The topological polar surface area (TPSA) is 109 Å². The van der Waals surface area contributed by atoms with E-state index in [1.807, 2.05) is 31.2 Å². The average molecular weight is 479 g/mol. The molecule has 1 aromatic carbocycles. The zero-order chi connectivity index (χ0) is 23.2. The maximum absolute atomic E-state index is 12.9. The monoisotopic (exact) mass is 478 g/mol. The fraction of sp³-hybridized carbons (Fsp3) is 0.0870. The first kappa shape index (κ1) is 22.4. The number of hydrogen-bond acceptors (Lipinski definition) is 7. The summed E-state index contributed by atoms with van der Waals surface area (Å²) in [5.74, 6) is -0.301. The Kier molecular flexibility index (Phi) is 6.92. The van der Waals surface area contributed by atoms with Gasteiger partial charge in [-0.25, -0.2) is 9.97 Å². The summed E-state index contributed by atoms with van der Waals surface area (Å²) in [6.45, 7) is 2.34. The number of para-hydroxylation sites is 1. The van der Waals surface area contributed by atoms with E-state index in [1.54, 1.807) is 36.8 Å². The third-order valence-corrected chi connectivity index (χ3v) is 5.90. The zero-order valence-electron chi connectivity index (χ0n) is 17.5. The van der Waals surface area contributed by atoms with E-state index in [0.717, 1.165) is 22.5 Å². The molecule has 33 heavy (non-hydrogen) atoms. The molecule has 3 aromatic heterocycles. The van der Waals surface area contributed by atoms with Crippen LogP contribution in [-0.2, 0) is 6.54 Å². The standard InChI is InChI=1S/C23H19ClN6O2S/c1-14-4-2-6-17(24)19(14)29-22(32)18-13-28-23(33-18)30-21(31)16-5-3-9-26-20(16)27-12-15-7-10-25-11-8-15/h2-11,13H,12H2,1H3,(H,26,27)(H,29,32)(H,28,30,31). The van der Waals surface area contributed by atoms with E-state index in [4.69, 9.17) is 11.6 Å². The van der Waals surface area contributed by atoms with Crippen molar-refractivity contribution in [2.24, 2.45) is 0 Å². The molecule has 0 bridgehead atoms. The highest BCUT2D eigenvalue weighted by molar-refractivity contribution is 7.17. The van der Waals surface area contributed by atoms with Crippen molar-refractivity contribution in [2.75, 3.05) is 16.0 Å². The molecule has 8 nitrogen and oxygen atoms in total. The summed E-state index contributed by atoms with van der Waals surface area (Å²) in [7, 11) is 0. The van der Waals surface area contributed by atoms with Crippen LogP contribution in [0.3, 0.4) is 0 Å². The largest absolute Gasteiger partial charge is 0.365 e. The number of nitrogens with one attached hydrogen (secondary N) is 3. The Morgan fingerprint density at radius 1 is 0.970 bits per heavy atom. The van der Waals surface area contributed by atoms with Crippen molar-refractivity contribution in [3.8, 4) is 0 Å². The number of carbonyl (C=O) groups is 2. The molecular formula is C23H19ClN6O2S. The molecular weight excluding hydrogens is 460 g/mol. The number of carbonyl (C=O) groups excluding carboxylic acids is 2. The number of benzene rings is 1. The first-order valence-electron chi connectivity index (χ1n) is 9.92. The molecule has 3 heterocycles. The van der Waals surface area contributed by atoms with Crippen LogP contribution in [0.15, 0.2) is 67.3 Å². The smallest absolute Gasteiger partial charge is 0.267 e. The summed E-state index contributed by atoms with van der Waals surface area (Å²) in [6, 6.07) is 12.5. The van der Waals surface area contributed by atoms with Gasteiger partial charge in [-0.2, -0.15) is 0 Å². The van der Waals surface area contributed by atoms with Crippen molar-refractivity contribution in [3.63, 3.8) is 0 Å². The van der Waals surface area contributed by atoms with Crippen molar-refractivity contribution < 1.29 is 9.59 Å². The lowest BCUT2D eigenvalue weighted by Gasteiger charge is -2.10. The van der Waals surface area contributed by atoms with Gasteiger partial charge in [-0.3, -0.25) is 19.9 Å². The lowest BCUT2D eigenvalue weighted by Crippen LogP contribution is -2.15. The summed E-state index contributed by atoms with van der Waals surface area (Å²) in [4.78, 5) is 38.2. The number of aryl methyl sites for hydroxylation is 1. The molecule has 0 aliphatic carbocycles. The fourth-order valence-electron chi connectivity index (χ4n) is 2.98. The molecule has 0 radical (unpaired) electrons. The summed E-state index contributed by atoms with van der Waals surface area (Å²) >= 11 is 7.25. The van der Waals surface area contributed by atoms with Crippen molar-refractivity contribution in [3.05, 3.63) is 93.8 Å². The second-order valence-electron chi connectivity index (χ2n) is 6.98. The van der Waals surface area contributed by atoms with Gasteiger partial charge in [-0.15, -0.1) is 0 Å². The number of halogens is 1. The molecule has 0 saturated heterocycles. The lowest BCUT2D eigenvalue weighted by atomic mass is 10.2. The number of pyridine rings is 2. The Labute approximate surface area is 199 Å². The lowest BCUT2D eigenvalue weighted by molar-refractivity contribution is 0.102. The van der Waals surface area contributed by atoms with Gasteiger partial charge >= 0.3 is 0 Å². The minimum atomic E-state index is -0.386. The summed E-state index contributed by atoms with van der Waals surface area (Å²) in [5, 5.41) is 9.44. The summed E-state index contributed by atoms with van der Waals surface area (Å²) in [6.07, 6.45) is 6.42. The number of nitrogens with zero attached hydrogens (tertiary/aromatic N) is 3. The molecule has 2 amide bonds. The van der Waals surface area contributed by atoms with Crippen LogP contribution >= 0.6 is 22.9 Å². The first-order chi connectivity index (χ1) is 16.0. The van der Waals surface area contributed by atoms with Gasteiger partial charge in [0.2, 0.25) is 0 Å². The van der Waals surface area contributed by atoms with E-state index < -0.39 is 0 Å². The Hall–Kier alpha value is -3.82. The molecule has 0 spiro atoms. The first-order valence-corrected chi connectivity index (χ1v) is 11.1. The van der Waals surface area contributed by atoms with E-state index >= 15 is 0 Å². The highest BCUT2D eigenvalue weighted by Crippen LogP contribution is 2.27. The number of hydrogen-bond donors (Lipinski definition) is 3. The van der Waals surface area contributed by atoms with Crippen LogP contribution in [0, 0.1) is 6.92 Å². The van der Waals surface area contributed by atoms with Gasteiger partial charge in [0.1, 0.15) is 10.7 Å². The van der Waals surface area contributed by atoms with Crippen LogP contribution < -0.4 is 16.0 Å². The van der Waals surface area contributed by atoms with Crippen molar-refractivity contribution >= 4 is 51.4 Å². The van der Waals surface area contributed by atoms with Gasteiger partial charge in [0.25, 0.3) is 11.8 Å². The van der Waals surface area contributed by atoms with Crippen LogP contribution in [0.1, 0.15) is 31.2 Å². The van der Waals surface area contributed by atoms with Gasteiger partial charge in [-0.1, -0.05) is 35.1 Å². The van der Waals surface area contributed by atoms with Crippen LogP contribution in [0.4, 0.5) is 16.6 Å². The van der Waals surface area contributed by atoms with Crippen LogP contribution in [0.25, 0.3) is 0 Å². The highest BCUT2D eigenvalue weighted by atomic mass is 35.5. The second kappa shape index (κ2) is 10.2. The predicted molar refractivity (Wildman–Crippen MR) is 130 cm³/mol. The predicted octanol–water partition coefficient (Wildman–Crippen LogP) is 5.01. The zero-order valence-corrected chi connectivity index (χ0v) is 19.1. The van der Waals surface area contributed by atoms with E-state index in [0.29, 0.717) is 38.6 Å². The molecule has 3 N–H and O–H groups in total. The van der Waals surface area contributed by atoms with E-state index in [1.165, 1.54) is 6.20 Å². The fourth-order valence-corrected chi connectivity index (χ4v) is 3.96. The Balaban J connectivity index is 1.43. The quantitative estimate of drug-likeness (QED) is 0.344. The number of amides is 2. The SMILES string of the molecule is Cc1cccc(Cl)c1NC(=O)c1cnc(NC(=O)c2cccnc2NCc2ccncc2)s1. The molecule has 166 valence electrons. The Bertz CT molecular complexity index is 1270. The maximum Gasteiger partial charge on any atom is 0.267 e. The molecule has 0 fully saturated rings. The molecule has 0 saturated carbocycles. The number of aromatic nitrogens is 3. The molecule has 0 aliphatic rings. The molecule has 0 aliphatic heterocycles. The number of rotatable bonds is 7. The average Bonchev–Trinajstić information content (AvgIpc) is 3.29. The molecule has 4 rings (SSSR count). The van der Waals surface area contributed by atoms with Crippen molar-refractivity contribution in [2.45, 2.75) is 13.5 Å². The minimum absolute atomic E-state index is 0.296. The molecule has 0 unspecified atom stereocenters. The normalized spacial score (nSPS) is 10.5. The molecule has 0 atom stereocenters. The number of thiazole rings is 1. The van der Waals surface area contributed by atoms with Crippen molar-refractivity contribution in [1.82, 2.24) is 15.0 Å². The summed E-state index contributed by atoms with van der Waals surface area (Å²) in [5.41, 5.74) is 2.76. The van der Waals surface area contributed by atoms with Gasteiger partial charge < -0.3 is 10.6 Å². The number of anilines is 3. The van der Waals surface area contributed by atoms with E-state index in [9.17, 15) is 9.59 Å². The van der Waals surface area contributed by atoms with E-state index in [-0.39, 0.29) is 11.8 Å². The van der Waals surface area contributed by atoms with Gasteiger partial charge in [0, 0.05) is 25.1 Å². The second-order valence-corrected chi connectivity index (χ2v) is 8.42. The summed E-state index contributed by atoms with van der Waals surface area (Å²) < 4.78 is 0. The highest BCUT2D eigenvalue weighted by Gasteiger charge is 2.17. The van der Waals surface area contributed by atoms with Crippen LogP contribution in [0.5, 0.6) is 0 Å². The Morgan fingerprint density at radius 3 is 2.58 bits per heavy atom. The van der Waals surface area contributed by atoms with Gasteiger partial charge in [-0.05, 0) is 48.4 Å². The minimum Gasteiger partial charge on any atom is -0.365 e.